The van der Waals surface area contributed by atoms with Gasteiger partial charge in [0.15, 0.2) is 0 Å². The van der Waals surface area contributed by atoms with Crippen molar-refractivity contribution in [2.24, 2.45) is 0 Å². The second-order valence-electron chi connectivity index (χ2n) is 8.79. The quantitative estimate of drug-likeness (QED) is 0.342. The first-order valence-electron chi connectivity index (χ1n) is 9.95. The van der Waals surface area contributed by atoms with E-state index in [1.54, 1.807) is 11.1 Å². The number of nitrogens with zero attached hydrogens (tertiary/aromatic N) is 1. The second kappa shape index (κ2) is 6.17. The number of pyridine rings is 1. The lowest BCUT2D eigenvalue weighted by Crippen LogP contribution is -2.10. The van der Waals surface area contributed by atoms with Gasteiger partial charge in [-0.05, 0) is 72.1 Å². The van der Waals surface area contributed by atoms with Crippen molar-refractivity contribution in [1.29, 1.82) is 0 Å². The van der Waals surface area contributed by atoms with Crippen LogP contribution in [-0.2, 0) is 18.3 Å². The van der Waals surface area contributed by atoms with E-state index in [2.05, 4.69) is 63.2 Å². The molecule has 2 aromatic carbocycles. The van der Waals surface area contributed by atoms with Crippen molar-refractivity contribution in [1.82, 2.24) is 4.98 Å². The topological polar surface area (TPSA) is 12.9 Å². The molecule has 0 radical (unpaired) electrons. The molecule has 27 heavy (non-hydrogen) atoms. The second-order valence-corrected chi connectivity index (χ2v) is 9.85. The number of aryl methyl sites for hydroxylation is 2. The number of fused-ring (bicyclic) bond motifs is 4. The summed E-state index contributed by atoms with van der Waals surface area (Å²) in [6, 6.07) is 16.0. The maximum absolute atomic E-state index is 4.80. The van der Waals surface area contributed by atoms with Gasteiger partial charge in [0.2, 0.25) is 0 Å². The summed E-state index contributed by atoms with van der Waals surface area (Å²) in [5, 5.41) is 2.76. The van der Waals surface area contributed by atoms with Gasteiger partial charge in [0.25, 0.3) is 0 Å². The van der Waals surface area contributed by atoms with E-state index in [1.165, 1.54) is 57.0 Å². The molecule has 0 aliphatic heterocycles. The first kappa shape index (κ1) is 16.9. The van der Waals surface area contributed by atoms with Crippen molar-refractivity contribution < 1.29 is 0 Å². The lowest BCUT2D eigenvalue weighted by atomic mass is 9.86. The van der Waals surface area contributed by atoms with Crippen LogP contribution in [0.25, 0.3) is 31.4 Å². The van der Waals surface area contributed by atoms with Crippen molar-refractivity contribution >= 4 is 31.5 Å². The van der Waals surface area contributed by atoms with Gasteiger partial charge in [0, 0.05) is 27.2 Å². The highest BCUT2D eigenvalue weighted by Gasteiger charge is 2.18. The van der Waals surface area contributed by atoms with Gasteiger partial charge < -0.3 is 0 Å². The number of hydrogen-bond donors (Lipinski definition) is 0. The molecule has 2 heteroatoms. The number of thiophene rings is 1. The Morgan fingerprint density at radius 2 is 1.67 bits per heavy atom. The van der Waals surface area contributed by atoms with Crippen LogP contribution in [0.5, 0.6) is 0 Å². The lowest BCUT2D eigenvalue weighted by molar-refractivity contribution is 0.590. The van der Waals surface area contributed by atoms with Crippen LogP contribution in [-0.4, -0.2) is 4.98 Å². The minimum atomic E-state index is 0.142. The first-order valence-corrected chi connectivity index (χ1v) is 10.8. The molecule has 1 aliphatic rings. The van der Waals surface area contributed by atoms with Gasteiger partial charge in [0.1, 0.15) is 0 Å². The van der Waals surface area contributed by atoms with E-state index < -0.39 is 0 Å². The standard InChI is InChI=1S/C25H25NS/c1-25(2,3)19-10-6-9-18(13-19)23-24-20(11-12-26-23)21-14-16-7-4-5-8-17(16)15-22(21)27-24/h6,9-15H,4-5,7-8H2,1-3H3. The Hall–Kier alpha value is -2.19. The Balaban J connectivity index is 1.74. The van der Waals surface area contributed by atoms with E-state index in [4.69, 9.17) is 4.98 Å². The highest BCUT2D eigenvalue weighted by molar-refractivity contribution is 7.26. The molecule has 0 amide bonds. The monoisotopic (exact) mass is 371 g/mol. The first-order chi connectivity index (χ1) is 13.0. The lowest BCUT2D eigenvalue weighted by Gasteiger charge is -2.19. The normalized spacial score (nSPS) is 14.6. The molecule has 1 aliphatic carbocycles. The summed E-state index contributed by atoms with van der Waals surface area (Å²) >= 11 is 1.91. The third-order valence-electron chi connectivity index (χ3n) is 5.85. The molecule has 136 valence electrons. The molecule has 0 saturated heterocycles. The predicted molar refractivity (Wildman–Crippen MR) is 118 cm³/mol. The fraction of sp³-hybridized carbons (Fsp3) is 0.320. The summed E-state index contributed by atoms with van der Waals surface area (Å²) < 4.78 is 2.73. The maximum atomic E-state index is 4.80. The molecule has 4 aromatic rings. The molecule has 0 spiro atoms. The number of rotatable bonds is 1. The number of hydrogen-bond acceptors (Lipinski definition) is 2. The minimum absolute atomic E-state index is 0.142. The van der Waals surface area contributed by atoms with Gasteiger partial charge in [-0.3, -0.25) is 4.98 Å². The molecule has 0 unspecified atom stereocenters. The predicted octanol–water partition coefficient (Wildman–Crippen LogP) is 7.29. The smallest absolute Gasteiger partial charge is 0.0880 e. The molecule has 2 aromatic heterocycles. The fourth-order valence-electron chi connectivity index (χ4n) is 4.27. The summed E-state index contributed by atoms with van der Waals surface area (Å²) in [6.45, 7) is 6.80. The van der Waals surface area contributed by atoms with Gasteiger partial charge in [0.05, 0.1) is 10.4 Å². The molecule has 0 saturated carbocycles. The van der Waals surface area contributed by atoms with Gasteiger partial charge in [-0.1, -0.05) is 39.0 Å². The summed E-state index contributed by atoms with van der Waals surface area (Å²) in [7, 11) is 0. The summed E-state index contributed by atoms with van der Waals surface area (Å²) in [5.74, 6) is 0. The van der Waals surface area contributed by atoms with Gasteiger partial charge in [-0.15, -0.1) is 11.3 Å². The molecule has 2 heterocycles. The summed E-state index contributed by atoms with van der Waals surface area (Å²) in [4.78, 5) is 4.80. The van der Waals surface area contributed by atoms with Crippen LogP contribution in [0.3, 0.4) is 0 Å². The van der Waals surface area contributed by atoms with E-state index in [9.17, 15) is 0 Å². The zero-order valence-corrected chi connectivity index (χ0v) is 17.1. The third kappa shape index (κ3) is 2.87. The van der Waals surface area contributed by atoms with Crippen LogP contribution in [0.4, 0.5) is 0 Å². The Morgan fingerprint density at radius 3 is 2.44 bits per heavy atom. The zero-order chi connectivity index (χ0) is 18.6. The van der Waals surface area contributed by atoms with E-state index in [0.29, 0.717) is 0 Å². The van der Waals surface area contributed by atoms with E-state index in [0.717, 1.165) is 5.69 Å². The Kier molecular flexibility index (Phi) is 3.87. The highest BCUT2D eigenvalue weighted by Crippen LogP contribution is 2.41. The third-order valence-corrected chi connectivity index (χ3v) is 7.03. The van der Waals surface area contributed by atoms with Crippen molar-refractivity contribution in [2.45, 2.75) is 51.9 Å². The fourth-order valence-corrected chi connectivity index (χ4v) is 5.53. The maximum Gasteiger partial charge on any atom is 0.0880 e. The van der Waals surface area contributed by atoms with Crippen LogP contribution in [0, 0.1) is 0 Å². The average molecular weight is 372 g/mol. The van der Waals surface area contributed by atoms with Crippen molar-refractivity contribution in [2.75, 3.05) is 0 Å². The minimum Gasteiger partial charge on any atom is -0.255 e. The largest absolute Gasteiger partial charge is 0.255 e. The van der Waals surface area contributed by atoms with Gasteiger partial charge in [-0.25, -0.2) is 0 Å². The van der Waals surface area contributed by atoms with Gasteiger partial charge >= 0.3 is 0 Å². The van der Waals surface area contributed by atoms with Crippen molar-refractivity contribution in [3.8, 4) is 11.3 Å². The van der Waals surface area contributed by atoms with Gasteiger partial charge in [-0.2, -0.15) is 0 Å². The van der Waals surface area contributed by atoms with Crippen molar-refractivity contribution in [3.05, 3.63) is 65.4 Å². The van der Waals surface area contributed by atoms with Crippen LogP contribution in [0.15, 0.2) is 48.7 Å². The Labute approximate surface area is 165 Å². The van der Waals surface area contributed by atoms with Crippen LogP contribution in [0.1, 0.15) is 50.3 Å². The SMILES string of the molecule is CC(C)(C)c1cccc(-c2nccc3c2sc2cc4c(cc23)CCCC4)c1. The average Bonchev–Trinajstić information content (AvgIpc) is 3.03. The summed E-state index contributed by atoms with van der Waals surface area (Å²) in [6.07, 6.45) is 7.10. The zero-order valence-electron chi connectivity index (χ0n) is 16.3. The van der Waals surface area contributed by atoms with E-state index in [-0.39, 0.29) is 5.41 Å². The summed E-state index contributed by atoms with van der Waals surface area (Å²) in [5.41, 5.74) is 6.96. The molecule has 0 bridgehead atoms. The molecule has 0 atom stereocenters. The molecule has 1 nitrogen and oxygen atoms in total. The Morgan fingerprint density at radius 1 is 0.889 bits per heavy atom. The molecular weight excluding hydrogens is 346 g/mol. The van der Waals surface area contributed by atoms with E-state index in [1.807, 2.05) is 17.5 Å². The molecule has 0 fully saturated rings. The molecule has 0 N–H and O–H groups in total. The van der Waals surface area contributed by atoms with Crippen LogP contribution >= 0.6 is 11.3 Å². The highest BCUT2D eigenvalue weighted by atomic mass is 32.1. The number of aromatic nitrogens is 1. The van der Waals surface area contributed by atoms with Crippen molar-refractivity contribution in [3.63, 3.8) is 0 Å². The molecule has 5 rings (SSSR count). The van der Waals surface area contributed by atoms with Crippen LogP contribution < -0.4 is 0 Å². The van der Waals surface area contributed by atoms with Crippen LogP contribution in [0.2, 0.25) is 0 Å². The molecular formula is C25H25NS. The number of benzene rings is 2. The van der Waals surface area contributed by atoms with E-state index >= 15 is 0 Å². The Bertz CT molecular complexity index is 1160.